The third kappa shape index (κ3) is 2.28. The van der Waals surface area contributed by atoms with Crippen molar-refractivity contribution in [3.8, 4) is 0 Å². The Bertz CT molecular complexity index is 613. The van der Waals surface area contributed by atoms with Crippen LogP contribution in [-0.4, -0.2) is 0 Å². The van der Waals surface area contributed by atoms with Gasteiger partial charge in [-0.2, -0.15) is 0 Å². The predicted molar refractivity (Wildman–Crippen MR) is 110 cm³/mol. The van der Waals surface area contributed by atoms with Gasteiger partial charge in [-0.1, -0.05) is 30.3 Å². The fourth-order valence-corrected chi connectivity index (χ4v) is 11.1. The standard InChI is InChI=1S/C27H36/c1-2-4-24(5-3-1)25(26-12-18-6-19(13-26)8-20(7-18)14-26)27-15-21-9-22(16-27)11-23(10-21)17-27/h1-5,18-23,25H,6-17H2. The molecule has 0 nitrogen and oxygen atoms in total. The maximum Gasteiger partial charge on any atom is -0.00481 e. The van der Waals surface area contributed by atoms with Gasteiger partial charge in [0.05, 0.1) is 0 Å². The highest BCUT2D eigenvalue weighted by Gasteiger charge is 2.62. The summed E-state index contributed by atoms with van der Waals surface area (Å²) in [5.41, 5.74) is 3.09. The average Bonchev–Trinajstić information content (AvgIpc) is 2.60. The molecule has 0 spiro atoms. The van der Waals surface area contributed by atoms with E-state index in [9.17, 15) is 0 Å². The number of hydrogen-bond acceptors (Lipinski definition) is 0. The van der Waals surface area contributed by atoms with E-state index in [0.717, 1.165) is 41.4 Å². The van der Waals surface area contributed by atoms with Crippen molar-refractivity contribution in [1.82, 2.24) is 0 Å². The van der Waals surface area contributed by atoms with E-state index in [1.165, 1.54) is 0 Å². The second-order valence-electron chi connectivity index (χ2n) is 12.4. The Morgan fingerprint density at radius 3 is 1.19 bits per heavy atom. The van der Waals surface area contributed by atoms with Crippen molar-refractivity contribution in [3.05, 3.63) is 35.9 Å². The van der Waals surface area contributed by atoms with Crippen LogP contribution in [-0.2, 0) is 0 Å². The Labute approximate surface area is 165 Å². The van der Waals surface area contributed by atoms with Gasteiger partial charge in [0.15, 0.2) is 0 Å². The van der Waals surface area contributed by atoms with Gasteiger partial charge in [0.1, 0.15) is 0 Å². The minimum Gasteiger partial charge on any atom is -0.0622 e. The zero-order chi connectivity index (χ0) is 17.6. The van der Waals surface area contributed by atoms with Gasteiger partial charge in [-0.3, -0.25) is 0 Å². The van der Waals surface area contributed by atoms with Crippen molar-refractivity contribution in [2.75, 3.05) is 0 Å². The first-order valence-electron chi connectivity index (χ1n) is 12.2. The lowest BCUT2D eigenvalue weighted by atomic mass is 9.37. The van der Waals surface area contributed by atoms with Crippen LogP contribution in [0.2, 0.25) is 0 Å². The Morgan fingerprint density at radius 2 is 0.852 bits per heavy atom. The number of rotatable bonds is 3. The molecule has 0 unspecified atom stereocenters. The first kappa shape index (κ1) is 16.1. The predicted octanol–water partition coefficient (Wildman–Crippen LogP) is 7.20. The van der Waals surface area contributed by atoms with Crippen molar-refractivity contribution >= 4 is 0 Å². The average molecular weight is 361 g/mol. The largest absolute Gasteiger partial charge is 0.0622 e. The molecule has 8 aliphatic carbocycles. The first-order chi connectivity index (χ1) is 13.2. The zero-order valence-corrected chi connectivity index (χ0v) is 16.9. The fourth-order valence-electron chi connectivity index (χ4n) is 11.1. The van der Waals surface area contributed by atoms with E-state index in [4.69, 9.17) is 0 Å². The normalized spacial score (nSPS) is 53.0. The molecule has 0 radical (unpaired) electrons. The van der Waals surface area contributed by atoms with Gasteiger partial charge in [-0.15, -0.1) is 0 Å². The molecular weight excluding hydrogens is 324 g/mol. The van der Waals surface area contributed by atoms with Crippen molar-refractivity contribution in [3.63, 3.8) is 0 Å². The third-order valence-corrected chi connectivity index (χ3v) is 10.5. The van der Waals surface area contributed by atoms with Crippen LogP contribution in [0.3, 0.4) is 0 Å². The van der Waals surface area contributed by atoms with Gasteiger partial charge in [-0.25, -0.2) is 0 Å². The lowest BCUT2D eigenvalue weighted by Crippen LogP contribution is -2.57. The Hall–Kier alpha value is -0.780. The molecule has 8 bridgehead atoms. The van der Waals surface area contributed by atoms with Crippen molar-refractivity contribution in [2.45, 2.75) is 83.0 Å². The summed E-state index contributed by atoms with van der Waals surface area (Å²) in [7, 11) is 0. The van der Waals surface area contributed by atoms with Crippen LogP contribution in [0.25, 0.3) is 0 Å². The van der Waals surface area contributed by atoms with Crippen molar-refractivity contribution in [1.29, 1.82) is 0 Å². The van der Waals surface area contributed by atoms with Crippen LogP contribution in [0.15, 0.2) is 30.3 Å². The van der Waals surface area contributed by atoms with E-state index >= 15 is 0 Å². The van der Waals surface area contributed by atoms with Gasteiger partial charge in [0.2, 0.25) is 0 Å². The summed E-state index contributed by atoms with van der Waals surface area (Å²) >= 11 is 0. The van der Waals surface area contributed by atoms with E-state index in [1.54, 1.807) is 82.6 Å². The van der Waals surface area contributed by atoms with E-state index in [-0.39, 0.29) is 0 Å². The van der Waals surface area contributed by atoms with E-state index in [2.05, 4.69) is 30.3 Å². The Morgan fingerprint density at radius 1 is 0.519 bits per heavy atom. The molecule has 0 amide bonds. The molecule has 8 fully saturated rings. The Balaban J connectivity index is 1.37. The molecule has 0 aromatic heterocycles. The maximum atomic E-state index is 2.54. The third-order valence-electron chi connectivity index (χ3n) is 10.5. The second-order valence-corrected chi connectivity index (χ2v) is 12.4. The highest BCUT2D eigenvalue weighted by atomic mass is 14.7. The molecule has 1 aromatic rings. The van der Waals surface area contributed by atoms with E-state index < -0.39 is 0 Å². The van der Waals surface area contributed by atoms with Gasteiger partial charge < -0.3 is 0 Å². The summed E-state index contributed by atoms with van der Waals surface area (Å²) in [6, 6.07) is 12.0. The zero-order valence-electron chi connectivity index (χ0n) is 16.9. The minimum atomic E-state index is 0.668. The van der Waals surface area contributed by atoms with Crippen LogP contribution in [0.1, 0.15) is 88.5 Å². The van der Waals surface area contributed by atoms with Crippen molar-refractivity contribution < 1.29 is 0 Å². The van der Waals surface area contributed by atoms with E-state index in [0.29, 0.717) is 10.8 Å². The molecule has 0 heterocycles. The summed E-state index contributed by atoms with van der Waals surface area (Å²) in [5.74, 6) is 7.36. The minimum absolute atomic E-state index is 0.668. The first-order valence-corrected chi connectivity index (χ1v) is 12.2. The summed E-state index contributed by atoms with van der Waals surface area (Å²) in [6.07, 6.45) is 19.0. The van der Waals surface area contributed by atoms with Gasteiger partial charge in [-0.05, 0) is 135 Å². The second kappa shape index (κ2) is 5.43. The van der Waals surface area contributed by atoms with Gasteiger partial charge in [0, 0.05) is 0 Å². The SMILES string of the molecule is c1ccc(C(C23CC4CC(CC(C4)C2)C3)C23CC4CC(CC(C4)C2)C3)cc1. The van der Waals surface area contributed by atoms with Crippen molar-refractivity contribution in [2.24, 2.45) is 46.3 Å². The van der Waals surface area contributed by atoms with Gasteiger partial charge >= 0.3 is 0 Å². The Kier molecular flexibility index (Phi) is 3.23. The topological polar surface area (TPSA) is 0 Å². The molecule has 0 atom stereocenters. The molecule has 0 heteroatoms. The molecule has 144 valence electrons. The van der Waals surface area contributed by atoms with Crippen LogP contribution >= 0.6 is 0 Å². The summed E-state index contributed by atoms with van der Waals surface area (Å²) in [6.45, 7) is 0. The fraction of sp³-hybridized carbons (Fsp3) is 0.778. The van der Waals surface area contributed by atoms with Crippen LogP contribution in [0.4, 0.5) is 0 Å². The molecule has 8 aliphatic rings. The maximum absolute atomic E-state index is 2.54. The molecule has 0 saturated heterocycles. The highest BCUT2D eigenvalue weighted by molar-refractivity contribution is 5.29. The lowest BCUT2D eigenvalue weighted by molar-refractivity contribution is -0.144. The van der Waals surface area contributed by atoms with Crippen LogP contribution < -0.4 is 0 Å². The summed E-state index contributed by atoms with van der Waals surface area (Å²) in [4.78, 5) is 0. The molecule has 8 saturated carbocycles. The number of benzene rings is 1. The molecule has 9 rings (SSSR count). The van der Waals surface area contributed by atoms with Gasteiger partial charge in [0.25, 0.3) is 0 Å². The monoisotopic (exact) mass is 360 g/mol. The summed E-state index contributed by atoms with van der Waals surface area (Å²) < 4.78 is 0. The highest BCUT2D eigenvalue weighted by Crippen LogP contribution is 2.73. The molecule has 0 aliphatic heterocycles. The number of hydrogen-bond donors (Lipinski definition) is 0. The molecule has 1 aromatic carbocycles. The van der Waals surface area contributed by atoms with Crippen LogP contribution in [0, 0.1) is 46.3 Å². The molecular formula is C27H36. The molecule has 0 N–H and O–H groups in total. The smallest absolute Gasteiger partial charge is 0.00481 e. The summed E-state index contributed by atoms with van der Waals surface area (Å²) in [5, 5.41) is 0. The quantitative estimate of drug-likeness (QED) is 0.534. The lowest BCUT2D eigenvalue weighted by Gasteiger charge is -2.67. The van der Waals surface area contributed by atoms with E-state index in [1.807, 2.05) is 0 Å². The molecule has 27 heavy (non-hydrogen) atoms. The van der Waals surface area contributed by atoms with Crippen LogP contribution in [0.5, 0.6) is 0 Å².